The van der Waals surface area contributed by atoms with E-state index in [4.69, 9.17) is 4.42 Å². The lowest BCUT2D eigenvalue weighted by molar-refractivity contribution is -0.113. The zero-order chi connectivity index (χ0) is 16.1. The number of anilines is 1. The number of rotatable bonds is 5. The van der Waals surface area contributed by atoms with Gasteiger partial charge in [0.25, 0.3) is 5.22 Å². The second kappa shape index (κ2) is 7.11. The largest absolute Gasteiger partial charge is 0.411 e. The summed E-state index contributed by atoms with van der Waals surface area (Å²) in [6, 6.07) is 17.2. The van der Waals surface area contributed by atoms with Gasteiger partial charge in [0.1, 0.15) is 0 Å². The van der Waals surface area contributed by atoms with Crippen LogP contribution in [0.4, 0.5) is 5.69 Å². The third kappa shape index (κ3) is 4.20. The van der Waals surface area contributed by atoms with Gasteiger partial charge in [-0.2, -0.15) is 0 Å². The van der Waals surface area contributed by atoms with E-state index in [1.54, 1.807) is 0 Å². The predicted molar refractivity (Wildman–Crippen MR) is 90.3 cm³/mol. The van der Waals surface area contributed by atoms with Crippen molar-refractivity contribution in [3.05, 3.63) is 60.2 Å². The molecular weight excluding hydrogens is 310 g/mol. The van der Waals surface area contributed by atoms with Crippen molar-refractivity contribution in [3.63, 3.8) is 0 Å². The number of aromatic nitrogens is 2. The molecule has 0 aliphatic carbocycles. The molecule has 116 valence electrons. The number of carbonyl (C=O) groups is 1. The maximum absolute atomic E-state index is 11.9. The van der Waals surface area contributed by atoms with Crippen molar-refractivity contribution in [2.24, 2.45) is 0 Å². The normalized spacial score (nSPS) is 10.5. The van der Waals surface area contributed by atoms with Gasteiger partial charge in [0, 0.05) is 11.3 Å². The Hall–Kier alpha value is -2.60. The van der Waals surface area contributed by atoms with Gasteiger partial charge in [0.15, 0.2) is 0 Å². The fourth-order valence-electron chi connectivity index (χ4n) is 1.93. The summed E-state index contributed by atoms with van der Waals surface area (Å²) in [5.41, 5.74) is 2.78. The van der Waals surface area contributed by atoms with Crippen molar-refractivity contribution < 1.29 is 9.21 Å². The van der Waals surface area contributed by atoms with Crippen molar-refractivity contribution in [3.8, 4) is 11.5 Å². The van der Waals surface area contributed by atoms with E-state index in [0.717, 1.165) is 16.8 Å². The van der Waals surface area contributed by atoms with Gasteiger partial charge in [0.2, 0.25) is 11.8 Å². The number of hydrogen-bond acceptors (Lipinski definition) is 5. The second-order valence-corrected chi connectivity index (χ2v) is 5.87. The van der Waals surface area contributed by atoms with E-state index in [0.29, 0.717) is 11.1 Å². The topological polar surface area (TPSA) is 68.0 Å². The van der Waals surface area contributed by atoms with Crippen LogP contribution in [-0.2, 0) is 4.79 Å². The van der Waals surface area contributed by atoms with Gasteiger partial charge in [-0.15, -0.1) is 10.2 Å². The highest BCUT2D eigenvalue weighted by atomic mass is 32.2. The Balaban J connectivity index is 1.55. The van der Waals surface area contributed by atoms with Crippen molar-refractivity contribution in [1.82, 2.24) is 10.2 Å². The van der Waals surface area contributed by atoms with Crippen LogP contribution in [0.2, 0.25) is 0 Å². The van der Waals surface area contributed by atoms with Crippen molar-refractivity contribution in [2.75, 3.05) is 11.1 Å². The molecule has 3 rings (SSSR count). The van der Waals surface area contributed by atoms with Crippen molar-refractivity contribution in [1.29, 1.82) is 0 Å². The van der Waals surface area contributed by atoms with Gasteiger partial charge >= 0.3 is 0 Å². The molecule has 0 saturated heterocycles. The first-order chi connectivity index (χ1) is 11.2. The first-order valence-corrected chi connectivity index (χ1v) is 8.07. The molecular formula is C17H15N3O2S. The number of amides is 1. The van der Waals surface area contributed by atoms with Crippen LogP contribution in [0.25, 0.3) is 11.5 Å². The van der Waals surface area contributed by atoms with Gasteiger partial charge in [-0.05, 0) is 31.2 Å². The lowest BCUT2D eigenvalue weighted by Crippen LogP contribution is -2.13. The quantitative estimate of drug-likeness (QED) is 0.723. The SMILES string of the molecule is Cc1ccc(NC(=O)CSc2nnc(-c3ccccc3)o2)cc1. The number of nitrogens with one attached hydrogen (secondary N) is 1. The van der Waals surface area contributed by atoms with Crippen LogP contribution in [0.1, 0.15) is 5.56 Å². The molecule has 0 atom stereocenters. The molecule has 0 radical (unpaired) electrons. The Kier molecular flexibility index (Phi) is 4.73. The van der Waals surface area contributed by atoms with Crippen LogP contribution >= 0.6 is 11.8 Å². The molecule has 1 N–H and O–H groups in total. The van der Waals surface area contributed by atoms with E-state index in [-0.39, 0.29) is 11.7 Å². The van der Waals surface area contributed by atoms with Crippen LogP contribution in [-0.4, -0.2) is 21.9 Å². The predicted octanol–water partition coefficient (Wildman–Crippen LogP) is 3.78. The standard InChI is InChI=1S/C17H15N3O2S/c1-12-7-9-14(10-8-12)18-15(21)11-23-17-20-19-16(22-17)13-5-3-2-4-6-13/h2-10H,11H2,1H3,(H,18,21). The molecule has 3 aromatic rings. The third-order valence-electron chi connectivity index (χ3n) is 3.09. The molecule has 0 bridgehead atoms. The fourth-order valence-corrected chi connectivity index (χ4v) is 2.49. The monoisotopic (exact) mass is 325 g/mol. The summed E-state index contributed by atoms with van der Waals surface area (Å²) >= 11 is 1.21. The smallest absolute Gasteiger partial charge is 0.277 e. The second-order valence-electron chi connectivity index (χ2n) is 4.94. The lowest BCUT2D eigenvalue weighted by atomic mass is 10.2. The average molecular weight is 325 g/mol. The molecule has 6 heteroatoms. The van der Waals surface area contributed by atoms with Crippen LogP contribution in [0.15, 0.2) is 64.2 Å². The molecule has 0 saturated carbocycles. The summed E-state index contributed by atoms with van der Waals surface area (Å²) < 4.78 is 5.55. The molecule has 0 spiro atoms. The highest BCUT2D eigenvalue weighted by Gasteiger charge is 2.11. The minimum absolute atomic E-state index is 0.113. The summed E-state index contributed by atoms with van der Waals surface area (Å²) in [4.78, 5) is 11.9. The number of carbonyl (C=O) groups excluding carboxylic acids is 1. The molecule has 1 amide bonds. The molecule has 1 aromatic heterocycles. The van der Waals surface area contributed by atoms with Crippen LogP contribution in [0.3, 0.4) is 0 Å². The number of thioether (sulfide) groups is 1. The first-order valence-electron chi connectivity index (χ1n) is 7.09. The number of hydrogen-bond donors (Lipinski definition) is 1. The maximum atomic E-state index is 11.9. The summed E-state index contributed by atoms with van der Waals surface area (Å²) in [5, 5.41) is 11.1. The fraction of sp³-hybridized carbons (Fsp3) is 0.118. The number of benzene rings is 2. The molecule has 0 fully saturated rings. The first kappa shape index (κ1) is 15.3. The Labute approximate surface area is 138 Å². The van der Waals surface area contributed by atoms with E-state index in [1.807, 2.05) is 61.5 Å². The molecule has 0 aliphatic rings. The highest BCUT2D eigenvalue weighted by Crippen LogP contribution is 2.23. The van der Waals surface area contributed by atoms with Crippen LogP contribution in [0, 0.1) is 6.92 Å². The highest BCUT2D eigenvalue weighted by molar-refractivity contribution is 7.99. The van der Waals surface area contributed by atoms with Crippen molar-refractivity contribution in [2.45, 2.75) is 12.1 Å². The van der Waals surface area contributed by atoms with Gasteiger partial charge < -0.3 is 9.73 Å². The molecule has 5 nitrogen and oxygen atoms in total. The van der Waals surface area contributed by atoms with E-state index >= 15 is 0 Å². The summed E-state index contributed by atoms with van der Waals surface area (Å²) in [7, 11) is 0. The zero-order valence-corrected chi connectivity index (χ0v) is 13.3. The number of aryl methyl sites for hydroxylation is 1. The minimum Gasteiger partial charge on any atom is -0.411 e. The van der Waals surface area contributed by atoms with E-state index in [1.165, 1.54) is 11.8 Å². The zero-order valence-electron chi connectivity index (χ0n) is 12.5. The third-order valence-corrected chi connectivity index (χ3v) is 3.91. The Morgan fingerprint density at radius 2 is 1.83 bits per heavy atom. The Morgan fingerprint density at radius 3 is 2.57 bits per heavy atom. The van der Waals surface area contributed by atoms with E-state index < -0.39 is 0 Å². The molecule has 2 aromatic carbocycles. The molecule has 23 heavy (non-hydrogen) atoms. The van der Waals surface area contributed by atoms with E-state index in [9.17, 15) is 4.79 Å². The Bertz CT molecular complexity index is 785. The Morgan fingerprint density at radius 1 is 1.09 bits per heavy atom. The van der Waals surface area contributed by atoms with Gasteiger partial charge in [-0.25, -0.2) is 0 Å². The minimum atomic E-state index is -0.113. The van der Waals surface area contributed by atoms with E-state index in [2.05, 4.69) is 15.5 Å². The van der Waals surface area contributed by atoms with Crippen LogP contribution in [0.5, 0.6) is 0 Å². The van der Waals surface area contributed by atoms with Crippen LogP contribution < -0.4 is 5.32 Å². The molecule has 0 unspecified atom stereocenters. The summed E-state index contributed by atoms with van der Waals surface area (Å²) in [6.07, 6.45) is 0. The van der Waals surface area contributed by atoms with Gasteiger partial charge in [-0.3, -0.25) is 4.79 Å². The number of nitrogens with zero attached hydrogens (tertiary/aromatic N) is 2. The average Bonchev–Trinajstić information content (AvgIpc) is 3.05. The van der Waals surface area contributed by atoms with Crippen molar-refractivity contribution >= 4 is 23.4 Å². The van der Waals surface area contributed by atoms with Gasteiger partial charge in [-0.1, -0.05) is 47.7 Å². The summed E-state index contributed by atoms with van der Waals surface area (Å²) in [6.45, 7) is 2.00. The molecule has 0 aliphatic heterocycles. The van der Waals surface area contributed by atoms with Gasteiger partial charge in [0.05, 0.1) is 5.75 Å². The maximum Gasteiger partial charge on any atom is 0.277 e. The molecule has 1 heterocycles. The summed E-state index contributed by atoms with van der Waals surface area (Å²) in [5.74, 6) is 0.551. The lowest BCUT2D eigenvalue weighted by Gasteiger charge is -2.03.